The molecular formula is C33H46N8O8S2. The van der Waals surface area contributed by atoms with Crippen LogP contribution in [0, 0.1) is 0 Å². The topological polar surface area (TPSA) is 211 Å². The molecule has 2 fully saturated rings. The van der Waals surface area contributed by atoms with E-state index in [0.717, 1.165) is 46.9 Å². The smallest absolute Gasteiger partial charge is 0.413 e. The third-order valence-electron chi connectivity index (χ3n) is 8.71. The SMILES string of the molecule is CC(O/N=C(\C(=O)NC1C(=O)N(OSO)C1(C)C)c1csc(NC(=O)OC(C)(C)C)n1)C1CCc2cc(C(N)=NC3CCN[C@H](C)C3)ccc2O1. The van der Waals surface area contributed by atoms with Crippen molar-refractivity contribution in [1.29, 1.82) is 0 Å². The molecule has 51 heavy (non-hydrogen) atoms. The zero-order valence-electron chi connectivity index (χ0n) is 29.7. The van der Waals surface area contributed by atoms with E-state index in [0.29, 0.717) is 30.5 Å². The van der Waals surface area contributed by atoms with E-state index < -0.39 is 47.3 Å². The maximum absolute atomic E-state index is 13.7. The summed E-state index contributed by atoms with van der Waals surface area (Å²) in [5.41, 5.74) is 6.42. The lowest BCUT2D eigenvalue weighted by atomic mass is 9.84. The Bertz CT molecular complexity index is 1680. The van der Waals surface area contributed by atoms with Gasteiger partial charge in [0, 0.05) is 17.0 Å². The predicted octanol–water partition coefficient (Wildman–Crippen LogP) is 4.00. The fraction of sp³-hybridized carbons (Fsp3) is 0.576. The third kappa shape index (κ3) is 9.29. The van der Waals surface area contributed by atoms with Crippen LogP contribution in [-0.2, 0) is 29.9 Å². The van der Waals surface area contributed by atoms with Crippen LogP contribution in [0.4, 0.5) is 9.93 Å². The number of hydrogen-bond acceptors (Lipinski definition) is 14. The predicted molar refractivity (Wildman–Crippen MR) is 194 cm³/mol. The quantitative estimate of drug-likeness (QED) is 0.0727. The summed E-state index contributed by atoms with van der Waals surface area (Å²) in [4.78, 5) is 53.7. The minimum absolute atomic E-state index is 0.0259. The number of oxime groups is 1. The maximum atomic E-state index is 13.7. The Morgan fingerprint density at radius 1 is 1.29 bits per heavy atom. The lowest BCUT2D eigenvalue weighted by molar-refractivity contribution is -0.214. The summed E-state index contributed by atoms with van der Waals surface area (Å²) in [5, 5.41) is 15.5. The van der Waals surface area contributed by atoms with Gasteiger partial charge in [-0.15, -0.1) is 11.3 Å². The zero-order chi connectivity index (χ0) is 37.1. The number of nitrogens with one attached hydrogen (secondary N) is 3. The van der Waals surface area contributed by atoms with Gasteiger partial charge in [0.15, 0.2) is 29.3 Å². The van der Waals surface area contributed by atoms with Crippen molar-refractivity contribution in [2.45, 2.75) is 116 Å². The summed E-state index contributed by atoms with van der Waals surface area (Å²) < 4.78 is 25.6. The van der Waals surface area contributed by atoms with Crippen molar-refractivity contribution in [3.8, 4) is 5.75 Å². The van der Waals surface area contributed by atoms with Gasteiger partial charge in [0.05, 0.1) is 11.6 Å². The van der Waals surface area contributed by atoms with Crippen molar-refractivity contribution in [2.24, 2.45) is 15.9 Å². The number of carbonyl (C=O) groups excluding carboxylic acids is 3. The van der Waals surface area contributed by atoms with E-state index in [9.17, 15) is 14.4 Å². The molecule has 4 heterocycles. The van der Waals surface area contributed by atoms with Gasteiger partial charge >= 0.3 is 6.09 Å². The molecule has 16 nitrogen and oxygen atoms in total. The average Bonchev–Trinajstić information content (AvgIpc) is 3.52. The van der Waals surface area contributed by atoms with Crippen molar-refractivity contribution in [2.75, 3.05) is 11.9 Å². The second-order valence-electron chi connectivity index (χ2n) is 14.3. The molecule has 3 amide bonds. The monoisotopic (exact) mass is 746 g/mol. The molecule has 1 aromatic heterocycles. The Balaban J connectivity index is 1.29. The molecular weight excluding hydrogens is 701 g/mol. The Hall–Kier alpha value is -3.97. The number of benzene rings is 1. The van der Waals surface area contributed by atoms with Crippen LogP contribution in [0.1, 0.15) is 84.5 Å². The molecule has 278 valence electrons. The van der Waals surface area contributed by atoms with E-state index in [2.05, 4.69) is 33.0 Å². The zero-order valence-corrected chi connectivity index (χ0v) is 31.4. The summed E-state index contributed by atoms with van der Waals surface area (Å²) in [6, 6.07) is 5.40. The van der Waals surface area contributed by atoms with Crippen LogP contribution < -0.4 is 26.4 Å². The van der Waals surface area contributed by atoms with Gasteiger partial charge in [0.2, 0.25) is 0 Å². The summed E-state index contributed by atoms with van der Waals surface area (Å²) in [7, 11) is 0. The number of aromatic nitrogens is 1. The minimum Gasteiger partial charge on any atom is -0.486 e. The number of anilines is 1. The first-order chi connectivity index (χ1) is 24.0. The molecule has 2 saturated heterocycles. The molecule has 6 N–H and O–H groups in total. The fourth-order valence-corrected chi connectivity index (χ4v) is 7.00. The normalized spacial score (nSPS) is 24.1. The molecule has 0 radical (unpaired) electrons. The maximum Gasteiger partial charge on any atom is 0.413 e. The van der Waals surface area contributed by atoms with Crippen LogP contribution in [0.2, 0.25) is 0 Å². The van der Waals surface area contributed by atoms with Crippen molar-refractivity contribution in [3.05, 3.63) is 40.4 Å². The number of rotatable bonds is 11. The van der Waals surface area contributed by atoms with Gasteiger partial charge in [-0.05, 0) is 104 Å². The number of nitrogens with zero attached hydrogens (tertiary/aromatic N) is 4. The third-order valence-corrected chi connectivity index (χ3v) is 9.69. The highest BCUT2D eigenvalue weighted by molar-refractivity contribution is 7.88. The van der Waals surface area contributed by atoms with E-state index in [4.69, 9.17) is 33.9 Å². The van der Waals surface area contributed by atoms with Gasteiger partial charge in [-0.1, -0.05) is 5.16 Å². The molecule has 0 spiro atoms. The van der Waals surface area contributed by atoms with Crippen LogP contribution in [0.25, 0.3) is 0 Å². The number of aliphatic imine (C=N–C) groups is 1. The van der Waals surface area contributed by atoms with Crippen molar-refractivity contribution >= 4 is 58.2 Å². The van der Waals surface area contributed by atoms with Gasteiger partial charge in [0.1, 0.15) is 35.0 Å². The molecule has 3 aliphatic heterocycles. The number of hydroxylamine groups is 2. The van der Waals surface area contributed by atoms with Gasteiger partial charge in [-0.25, -0.2) is 9.78 Å². The molecule has 0 aliphatic carbocycles. The highest BCUT2D eigenvalue weighted by Gasteiger charge is 2.57. The largest absolute Gasteiger partial charge is 0.486 e. The van der Waals surface area contributed by atoms with Crippen LogP contribution in [0.5, 0.6) is 5.75 Å². The number of piperidine rings is 1. The van der Waals surface area contributed by atoms with Crippen LogP contribution in [0.15, 0.2) is 33.7 Å². The first kappa shape index (κ1) is 38.3. The van der Waals surface area contributed by atoms with E-state index in [1.54, 1.807) is 41.5 Å². The first-order valence-electron chi connectivity index (χ1n) is 16.7. The number of carbonyl (C=O) groups is 3. The lowest BCUT2D eigenvalue weighted by Crippen LogP contribution is -2.76. The standard InChI is InChI=1S/C33H46N8O8S2/c1-17-14-21(12-13-35-17)36-27(34)20-9-11-24-19(15-20)8-10-23(46-24)18(2)48-40-25(22-16-50-30(37-22)39-31(44)47-32(3,4)5)28(42)38-26-29(43)41(49-51-45)33(26,6)7/h9,11,15-18,21,23,26,35,45H,8,10,12-14H2,1-7H3,(H2,34,36)(H,38,42)(H,37,39,44)/b40-25-/t17-,18?,21?,23?,26?/m1/s1. The van der Waals surface area contributed by atoms with E-state index in [1.165, 1.54) is 5.38 Å². The summed E-state index contributed by atoms with van der Waals surface area (Å²) in [6.45, 7) is 13.4. The van der Waals surface area contributed by atoms with Gasteiger partial charge in [0.25, 0.3) is 11.8 Å². The lowest BCUT2D eigenvalue weighted by Gasteiger charge is -2.50. The number of nitrogens with two attached hydrogens (primary N) is 1. The highest BCUT2D eigenvalue weighted by atomic mass is 32.2. The number of amides is 3. The van der Waals surface area contributed by atoms with Gasteiger partial charge < -0.3 is 35.2 Å². The van der Waals surface area contributed by atoms with Crippen molar-refractivity contribution in [3.63, 3.8) is 0 Å². The van der Waals surface area contributed by atoms with Crippen LogP contribution >= 0.6 is 23.7 Å². The second-order valence-corrected chi connectivity index (χ2v) is 15.5. The number of hydrogen-bond donors (Lipinski definition) is 5. The molecule has 4 unspecified atom stereocenters. The summed E-state index contributed by atoms with van der Waals surface area (Å²) in [5.74, 6) is -0.103. The Labute approximate surface area is 305 Å². The van der Waals surface area contributed by atoms with Gasteiger partial charge in [-0.2, -0.15) is 9.35 Å². The second kappa shape index (κ2) is 15.7. The molecule has 5 rings (SSSR count). The number of aryl methyl sites for hydroxylation is 1. The Morgan fingerprint density at radius 3 is 2.75 bits per heavy atom. The van der Waals surface area contributed by atoms with Crippen molar-refractivity contribution in [1.82, 2.24) is 20.7 Å². The summed E-state index contributed by atoms with van der Waals surface area (Å²) >= 11 is 1.08. The van der Waals surface area contributed by atoms with E-state index >= 15 is 0 Å². The average molecular weight is 747 g/mol. The minimum atomic E-state index is -0.997. The number of ether oxygens (including phenoxy) is 2. The number of β-lactam (4-membered cyclic amide) rings is 1. The summed E-state index contributed by atoms with van der Waals surface area (Å²) in [6.07, 6.45) is 1.50. The van der Waals surface area contributed by atoms with Gasteiger partial charge in [-0.3, -0.25) is 19.9 Å². The molecule has 0 saturated carbocycles. The molecule has 18 heteroatoms. The number of thiazole rings is 1. The number of amidine groups is 1. The van der Waals surface area contributed by atoms with E-state index in [-0.39, 0.29) is 34.9 Å². The molecule has 2 aromatic rings. The molecule has 1 aromatic carbocycles. The number of fused-ring (bicyclic) bond motifs is 1. The molecule has 3 aliphatic rings. The first-order valence-corrected chi connectivity index (χ1v) is 18.3. The molecule has 0 bridgehead atoms. The highest BCUT2D eigenvalue weighted by Crippen LogP contribution is 2.34. The fourth-order valence-electron chi connectivity index (χ4n) is 5.99. The van der Waals surface area contributed by atoms with Crippen LogP contribution in [-0.4, -0.2) is 92.1 Å². The Kier molecular flexibility index (Phi) is 11.8. The van der Waals surface area contributed by atoms with Crippen LogP contribution in [0.3, 0.4) is 0 Å². The Morgan fingerprint density at radius 2 is 2.06 bits per heavy atom. The molecule has 5 atom stereocenters. The van der Waals surface area contributed by atoms with E-state index in [1.807, 2.05) is 18.2 Å². The van der Waals surface area contributed by atoms with Crippen molar-refractivity contribution < 1.29 is 37.5 Å².